The number of amides is 1. The van der Waals surface area contributed by atoms with E-state index in [2.05, 4.69) is 6.58 Å². The Morgan fingerprint density at radius 3 is 2.52 bits per heavy atom. The number of hydrogen-bond acceptors (Lipinski definition) is 4. The Bertz CT molecular complexity index is 1070. The van der Waals surface area contributed by atoms with Gasteiger partial charge in [-0.1, -0.05) is 31.7 Å². The molecule has 140 valence electrons. The van der Waals surface area contributed by atoms with Crippen LogP contribution in [0.2, 0.25) is 0 Å². The van der Waals surface area contributed by atoms with E-state index in [4.69, 9.17) is 15.9 Å². The summed E-state index contributed by atoms with van der Waals surface area (Å²) in [6, 6.07) is 12.8. The molecule has 0 saturated heterocycles. The van der Waals surface area contributed by atoms with Gasteiger partial charge in [-0.15, -0.1) is 0 Å². The number of aryl methyl sites for hydroxylation is 1. The smallest absolute Gasteiger partial charge is 0.220 e. The van der Waals surface area contributed by atoms with E-state index in [9.17, 15) is 9.59 Å². The van der Waals surface area contributed by atoms with Crippen LogP contribution in [0, 0.1) is 11.8 Å². The number of hydrogen-bond donors (Lipinski definition) is 2. The van der Waals surface area contributed by atoms with E-state index in [1.54, 1.807) is 12.1 Å². The van der Waals surface area contributed by atoms with Gasteiger partial charge in [0.2, 0.25) is 11.3 Å². The molecule has 0 radical (unpaired) electrons. The molecule has 0 bridgehead atoms. The minimum absolute atomic E-state index is 0.0255. The summed E-state index contributed by atoms with van der Waals surface area (Å²) in [6.07, 6.45) is 1.81. The highest BCUT2D eigenvalue weighted by Gasteiger charge is 2.19. The van der Waals surface area contributed by atoms with Crippen molar-refractivity contribution < 1.29 is 9.21 Å². The van der Waals surface area contributed by atoms with E-state index in [0.717, 1.165) is 5.56 Å². The van der Waals surface area contributed by atoms with Gasteiger partial charge in [-0.3, -0.25) is 9.59 Å². The Labute approximate surface area is 157 Å². The summed E-state index contributed by atoms with van der Waals surface area (Å²) in [7, 11) is 0. The summed E-state index contributed by atoms with van der Waals surface area (Å²) >= 11 is 0. The third kappa shape index (κ3) is 4.03. The molecule has 0 spiro atoms. The van der Waals surface area contributed by atoms with Gasteiger partial charge < -0.3 is 15.9 Å². The average molecular weight is 364 g/mol. The number of carbonyl (C=O) groups excluding carboxylic acids is 1. The minimum Gasteiger partial charge on any atom is -0.456 e. The fourth-order valence-corrected chi connectivity index (χ4v) is 3.30. The van der Waals surface area contributed by atoms with Crippen LogP contribution in [0.3, 0.4) is 0 Å². The van der Waals surface area contributed by atoms with Crippen molar-refractivity contribution in [3.8, 4) is 0 Å². The van der Waals surface area contributed by atoms with Gasteiger partial charge in [-0.2, -0.15) is 0 Å². The van der Waals surface area contributed by atoms with Gasteiger partial charge in [0.1, 0.15) is 11.2 Å². The van der Waals surface area contributed by atoms with Gasteiger partial charge in [0, 0.05) is 11.6 Å². The SMILES string of the molecule is C=C(N)C(C)CC(CCc1ccc2oc3ccccc3c(=O)c2c1)C(N)=O. The van der Waals surface area contributed by atoms with Gasteiger partial charge in [-0.25, -0.2) is 0 Å². The topological polar surface area (TPSA) is 99.3 Å². The molecule has 5 heteroatoms. The lowest BCUT2D eigenvalue weighted by Crippen LogP contribution is -2.26. The van der Waals surface area contributed by atoms with Crippen LogP contribution in [0.15, 0.2) is 64.0 Å². The second-order valence-corrected chi connectivity index (χ2v) is 7.11. The summed E-state index contributed by atoms with van der Waals surface area (Å²) in [6.45, 7) is 5.67. The molecule has 0 aliphatic carbocycles. The van der Waals surface area contributed by atoms with Crippen LogP contribution in [0.4, 0.5) is 0 Å². The van der Waals surface area contributed by atoms with Crippen LogP contribution < -0.4 is 16.9 Å². The first-order valence-electron chi connectivity index (χ1n) is 9.05. The molecule has 4 N–H and O–H groups in total. The van der Waals surface area contributed by atoms with Crippen molar-refractivity contribution in [1.82, 2.24) is 0 Å². The zero-order valence-corrected chi connectivity index (χ0v) is 15.4. The third-order valence-electron chi connectivity index (χ3n) is 5.10. The predicted molar refractivity (Wildman–Crippen MR) is 108 cm³/mol. The molecule has 1 amide bonds. The molecule has 1 heterocycles. The molecule has 0 aliphatic heterocycles. The summed E-state index contributed by atoms with van der Waals surface area (Å²) < 4.78 is 5.83. The van der Waals surface area contributed by atoms with E-state index in [1.165, 1.54) is 0 Å². The number of rotatable bonds is 7. The number of allylic oxidation sites excluding steroid dienone is 1. The number of para-hydroxylation sites is 1. The molecule has 2 atom stereocenters. The van der Waals surface area contributed by atoms with Crippen molar-refractivity contribution in [2.45, 2.75) is 26.2 Å². The summed E-state index contributed by atoms with van der Waals surface area (Å²) in [5, 5.41) is 1.11. The molecule has 0 fully saturated rings. The van der Waals surface area contributed by atoms with E-state index in [0.29, 0.717) is 46.9 Å². The highest BCUT2D eigenvalue weighted by atomic mass is 16.3. The molecular weight excluding hydrogens is 340 g/mol. The molecule has 1 aromatic heterocycles. The lowest BCUT2D eigenvalue weighted by molar-refractivity contribution is -0.122. The molecule has 27 heavy (non-hydrogen) atoms. The Morgan fingerprint density at radius 2 is 1.81 bits per heavy atom. The lowest BCUT2D eigenvalue weighted by atomic mass is 9.88. The van der Waals surface area contributed by atoms with Crippen molar-refractivity contribution >= 4 is 27.8 Å². The molecule has 5 nitrogen and oxygen atoms in total. The van der Waals surface area contributed by atoms with E-state index in [1.807, 2.05) is 37.3 Å². The maximum Gasteiger partial charge on any atom is 0.220 e. The lowest BCUT2D eigenvalue weighted by Gasteiger charge is -2.18. The highest BCUT2D eigenvalue weighted by Crippen LogP contribution is 2.23. The highest BCUT2D eigenvalue weighted by molar-refractivity contribution is 5.89. The zero-order valence-electron chi connectivity index (χ0n) is 15.4. The Balaban J connectivity index is 1.85. The molecule has 3 rings (SSSR count). The Morgan fingerprint density at radius 1 is 1.11 bits per heavy atom. The molecular formula is C22H24N2O3. The van der Waals surface area contributed by atoms with Gasteiger partial charge in [0.05, 0.1) is 10.8 Å². The second-order valence-electron chi connectivity index (χ2n) is 7.11. The molecule has 3 aromatic rings. The van der Waals surface area contributed by atoms with E-state index < -0.39 is 0 Å². The van der Waals surface area contributed by atoms with Crippen molar-refractivity contribution in [3.63, 3.8) is 0 Å². The normalized spacial score (nSPS) is 13.5. The molecule has 0 saturated carbocycles. The number of carbonyl (C=O) groups is 1. The van der Waals surface area contributed by atoms with E-state index in [-0.39, 0.29) is 23.2 Å². The predicted octanol–water partition coefficient (Wildman–Crippen LogP) is 3.48. The number of primary amides is 1. The fraction of sp³-hybridized carbons (Fsp3) is 0.273. The molecule has 2 unspecified atom stereocenters. The quantitative estimate of drug-likeness (QED) is 0.627. The van der Waals surface area contributed by atoms with Crippen LogP contribution in [0.5, 0.6) is 0 Å². The van der Waals surface area contributed by atoms with Gasteiger partial charge >= 0.3 is 0 Å². The summed E-state index contributed by atoms with van der Waals surface area (Å²) in [5.74, 6) is -0.601. The molecule has 0 aliphatic rings. The van der Waals surface area contributed by atoms with E-state index >= 15 is 0 Å². The summed E-state index contributed by atoms with van der Waals surface area (Å²) in [5.41, 5.74) is 13.9. The van der Waals surface area contributed by atoms with Gasteiger partial charge in [0.15, 0.2) is 0 Å². The number of benzene rings is 2. The average Bonchev–Trinajstić information content (AvgIpc) is 2.65. The van der Waals surface area contributed by atoms with Crippen LogP contribution in [0.1, 0.15) is 25.3 Å². The van der Waals surface area contributed by atoms with Crippen LogP contribution in [0.25, 0.3) is 21.9 Å². The van der Waals surface area contributed by atoms with Crippen molar-refractivity contribution in [2.75, 3.05) is 0 Å². The zero-order chi connectivity index (χ0) is 19.6. The monoisotopic (exact) mass is 364 g/mol. The maximum atomic E-state index is 12.7. The van der Waals surface area contributed by atoms with Crippen LogP contribution in [-0.2, 0) is 11.2 Å². The van der Waals surface area contributed by atoms with Crippen molar-refractivity contribution in [2.24, 2.45) is 23.3 Å². The number of nitrogens with two attached hydrogens (primary N) is 2. The largest absolute Gasteiger partial charge is 0.456 e. The third-order valence-corrected chi connectivity index (χ3v) is 5.10. The number of fused-ring (bicyclic) bond motifs is 2. The Hall–Kier alpha value is -3.08. The fourth-order valence-electron chi connectivity index (χ4n) is 3.30. The van der Waals surface area contributed by atoms with Crippen molar-refractivity contribution in [3.05, 3.63) is 70.5 Å². The molecule has 2 aromatic carbocycles. The van der Waals surface area contributed by atoms with Crippen LogP contribution in [-0.4, -0.2) is 5.91 Å². The minimum atomic E-state index is -0.339. The first-order chi connectivity index (χ1) is 12.9. The van der Waals surface area contributed by atoms with Gasteiger partial charge in [-0.05, 0) is 55.0 Å². The summed E-state index contributed by atoms with van der Waals surface area (Å²) in [4.78, 5) is 24.5. The maximum absolute atomic E-state index is 12.7. The Kier molecular flexibility index (Phi) is 5.31. The van der Waals surface area contributed by atoms with Gasteiger partial charge in [0.25, 0.3) is 0 Å². The second kappa shape index (κ2) is 7.66. The standard InChI is InChI=1S/C22H24N2O3/c1-13(14(2)23)11-16(22(24)26)9-7-15-8-10-20-18(12-15)21(25)17-5-3-4-6-19(17)27-20/h3-6,8,10,12-13,16H,2,7,9,11,23H2,1H3,(H2,24,26). The van der Waals surface area contributed by atoms with Crippen molar-refractivity contribution in [1.29, 1.82) is 0 Å². The van der Waals surface area contributed by atoms with Crippen LogP contribution >= 0.6 is 0 Å². The first-order valence-corrected chi connectivity index (χ1v) is 9.05. The first kappa shape index (κ1) is 18.7.